The van der Waals surface area contributed by atoms with Crippen molar-refractivity contribution in [1.82, 2.24) is 0 Å². The highest BCUT2D eigenvalue weighted by Crippen LogP contribution is 2.51. The number of nitriles is 1. The van der Waals surface area contributed by atoms with Crippen LogP contribution in [0.1, 0.15) is 36.8 Å². The van der Waals surface area contributed by atoms with Crippen molar-refractivity contribution < 1.29 is 0 Å². The first-order valence-electron chi connectivity index (χ1n) is 6.43. The second-order valence-electron chi connectivity index (χ2n) is 5.41. The van der Waals surface area contributed by atoms with E-state index in [0.29, 0.717) is 5.41 Å². The van der Waals surface area contributed by atoms with E-state index in [-0.39, 0.29) is 0 Å². The van der Waals surface area contributed by atoms with E-state index in [1.54, 1.807) is 11.1 Å². The average molecular weight is 243 g/mol. The third kappa shape index (κ3) is 2.35. The predicted molar refractivity (Wildman–Crippen MR) is 71.1 cm³/mol. The van der Waals surface area contributed by atoms with E-state index in [1.807, 2.05) is 11.8 Å². The summed E-state index contributed by atoms with van der Waals surface area (Å²) in [6.07, 6.45) is 7.08. The van der Waals surface area contributed by atoms with Gasteiger partial charge in [-0.25, -0.2) is 0 Å². The summed E-state index contributed by atoms with van der Waals surface area (Å²) in [5.74, 6) is 1.12. The first-order chi connectivity index (χ1) is 8.31. The van der Waals surface area contributed by atoms with Crippen LogP contribution < -0.4 is 0 Å². The van der Waals surface area contributed by atoms with Gasteiger partial charge < -0.3 is 0 Å². The second-order valence-corrected chi connectivity index (χ2v) is 6.46. The molecule has 0 N–H and O–H groups in total. The molecule has 0 bridgehead atoms. The molecule has 2 heteroatoms. The fourth-order valence-electron chi connectivity index (χ4n) is 2.59. The van der Waals surface area contributed by atoms with Gasteiger partial charge in [-0.05, 0) is 60.8 Å². The van der Waals surface area contributed by atoms with Crippen LogP contribution in [0.4, 0.5) is 0 Å². The topological polar surface area (TPSA) is 23.8 Å². The Bertz CT molecular complexity index is 468. The minimum Gasteiger partial charge on any atom is -0.198 e. The van der Waals surface area contributed by atoms with Gasteiger partial charge in [0.25, 0.3) is 0 Å². The maximum Gasteiger partial charge on any atom is 0.0627 e. The van der Waals surface area contributed by atoms with Gasteiger partial charge in [-0.2, -0.15) is 5.26 Å². The van der Waals surface area contributed by atoms with Gasteiger partial charge in [0.1, 0.15) is 0 Å². The fourth-order valence-corrected chi connectivity index (χ4v) is 3.84. The lowest BCUT2D eigenvalue weighted by atomic mass is 10.1. The van der Waals surface area contributed by atoms with Crippen LogP contribution in [0.2, 0.25) is 0 Å². The molecular weight excluding hydrogens is 226 g/mol. The van der Waals surface area contributed by atoms with Gasteiger partial charge in [0.2, 0.25) is 0 Å². The van der Waals surface area contributed by atoms with Crippen molar-refractivity contribution in [3.05, 3.63) is 29.3 Å². The first kappa shape index (κ1) is 11.2. The van der Waals surface area contributed by atoms with E-state index >= 15 is 0 Å². The van der Waals surface area contributed by atoms with Crippen molar-refractivity contribution in [2.45, 2.75) is 43.4 Å². The summed E-state index contributed by atoms with van der Waals surface area (Å²) in [6.45, 7) is 0. The van der Waals surface area contributed by atoms with Gasteiger partial charge in [-0.15, -0.1) is 11.8 Å². The predicted octanol–water partition coefficient (Wildman–Crippen LogP) is 3.96. The van der Waals surface area contributed by atoms with Gasteiger partial charge in [-0.3, -0.25) is 0 Å². The Morgan fingerprint density at radius 2 is 2.06 bits per heavy atom. The zero-order valence-electron chi connectivity index (χ0n) is 10.0. The zero-order chi connectivity index (χ0) is 11.7. The molecule has 0 heterocycles. The van der Waals surface area contributed by atoms with Crippen molar-refractivity contribution in [3.63, 3.8) is 0 Å². The zero-order valence-corrected chi connectivity index (χ0v) is 10.9. The third-order valence-corrected chi connectivity index (χ3v) is 5.37. The molecule has 1 fully saturated rings. The number of benzene rings is 1. The molecule has 2 aliphatic carbocycles. The van der Waals surface area contributed by atoms with Crippen LogP contribution in [-0.4, -0.2) is 5.75 Å². The van der Waals surface area contributed by atoms with Gasteiger partial charge in [0.15, 0.2) is 0 Å². The lowest BCUT2D eigenvalue weighted by Gasteiger charge is -2.10. The Labute approximate surface area is 107 Å². The summed E-state index contributed by atoms with van der Waals surface area (Å²) in [7, 11) is 0. The monoisotopic (exact) mass is 243 g/mol. The molecule has 2 aliphatic rings. The number of aryl methyl sites for hydroxylation is 2. The van der Waals surface area contributed by atoms with Gasteiger partial charge >= 0.3 is 0 Å². The molecular formula is C15H17NS. The van der Waals surface area contributed by atoms with Crippen LogP contribution in [0.3, 0.4) is 0 Å². The quantitative estimate of drug-likeness (QED) is 0.747. The van der Waals surface area contributed by atoms with Gasteiger partial charge in [0, 0.05) is 17.1 Å². The molecule has 88 valence electrons. The smallest absolute Gasteiger partial charge is 0.0627 e. The molecule has 3 rings (SSSR count). The molecule has 0 unspecified atom stereocenters. The van der Waals surface area contributed by atoms with Crippen LogP contribution in [0, 0.1) is 16.7 Å². The highest BCUT2D eigenvalue weighted by atomic mass is 32.2. The van der Waals surface area contributed by atoms with Crippen molar-refractivity contribution >= 4 is 11.8 Å². The SMILES string of the molecule is N#CCC1(CSc2ccc3c(c2)CCC3)CC1. The molecule has 0 aliphatic heterocycles. The molecule has 0 spiro atoms. The van der Waals surface area contributed by atoms with E-state index in [2.05, 4.69) is 24.3 Å². The molecule has 0 amide bonds. The van der Waals surface area contributed by atoms with E-state index in [4.69, 9.17) is 5.26 Å². The van der Waals surface area contributed by atoms with E-state index < -0.39 is 0 Å². The minimum absolute atomic E-state index is 0.360. The summed E-state index contributed by atoms with van der Waals surface area (Å²) in [5, 5.41) is 8.81. The summed E-state index contributed by atoms with van der Waals surface area (Å²) >= 11 is 1.94. The maximum absolute atomic E-state index is 8.81. The lowest BCUT2D eigenvalue weighted by Crippen LogP contribution is -2.02. The number of fused-ring (bicyclic) bond motifs is 1. The Morgan fingerprint density at radius 3 is 2.82 bits per heavy atom. The average Bonchev–Trinajstić information content (AvgIpc) is 2.95. The Hall–Kier alpha value is -0.940. The highest BCUT2D eigenvalue weighted by Gasteiger charge is 2.42. The van der Waals surface area contributed by atoms with Crippen LogP contribution in [-0.2, 0) is 12.8 Å². The van der Waals surface area contributed by atoms with E-state index in [9.17, 15) is 0 Å². The molecule has 17 heavy (non-hydrogen) atoms. The molecule has 1 aromatic carbocycles. The number of hydrogen-bond acceptors (Lipinski definition) is 2. The number of thioether (sulfide) groups is 1. The summed E-state index contributed by atoms with van der Waals surface area (Å²) in [4.78, 5) is 1.40. The van der Waals surface area contributed by atoms with Crippen molar-refractivity contribution in [1.29, 1.82) is 5.26 Å². The second kappa shape index (κ2) is 4.38. The third-order valence-electron chi connectivity index (χ3n) is 4.03. The Balaban J connectivity index is 1.64. The number of rotatable bonds is 4. The molecule has 0 atom stereocenters. The number of nitrogens with zero attached hydrogens (tertiary/aromatic N) is 1. The van der Waals surface area contributed by atoms with Gasteiger partial charge in [-0.1, -0.05) is 6.07 Å². The molecule has 1 nitrogen and oxygen atoms in total. The standard InChI is InChI=1S/C15H17NS/c16-9-8-15(6-7-15)11-17-14-5-4-12-2-1-3-13(12)10-14/h4-5,10H,1-3,6-8,11H2. The maximum atomic E-state index is 8.81. The van der Waals surface area contributed by atoms with Crippen LogP contribution >= 0.6 is 11.8 Å². The van der Waals surface area contributed by atoms with Crippen LogP contribution in [0.5, 0.6) is 0 Å². The molecule has 0 aromatic heterocycles. The van der Waals surface area contributed by atoms with Crippen LogP contribution in [0.15, 0.2) is 23.1 Å². The highest BCUT2D eigenvalue weighted by molar-refractivity contribution is 7.99. The summed E-state index contributed by atoms with van der Waals surface area (Å²) < 4.78 is 0. The Morgan fingerprint density at radius 1 is 1.24 bits per heavy atom. The normalized spacial score (nSPS) is 19.7. The lowest BCUT2D eigenvalue weighted by molar-refractivity contribution is 0.604. The molecule has 0 saturated heterocycles. The van der Waals surface area contributed by atoms with E-state index in [1.165, 1.54) is 37.0 Å². The van der Waals surface area contributed by atoms with Crippen molar-refractivity contribution in [2.75, 3.05) is 5.75 Å². The molecule has 0 radical (unpaired) electrons. The van der Waals surface area contributed by atoms with Gasteiger partial charge in [0.05, 0.1) is 6.07 Å². The Kier molecular flexibility index (Phi) is 2.88. The number of hydrogen-bond donors (Lipinski definition) is 0. The fraction of sp³-hybridized carbons (Fsp3) is 0.533. The minimum atomic E-state index is 0.360. The van der Waals surface area contributed by atoms with Crippen molar-refractivity contribution in [3.8, 4) is 6.07 Å². The van der Waals surface area contributed by atoms with Crippen molar-refractivity contribution in [2.24, 2.45) is 5.41 Å². The summed E-state index contributed by atoms with van der Waals surface area (Å²) in [6, 6.07) is 9.27. The molecule has 1 aromatic rings. The van der Waals surface area contributed by atoms with E-state index in [0.717, 1.165) is 12.2 Å². The largest absolute Gasteiger partial charge is 0.198 e. The summed E-state index contributed by atoms with van der Waals surface area (Å²) in [5.41, 5.74) is 3.46. The first-order valence-corrected chi connectivity index (χ1v) is 7.41. The molecule has 1 saturated carbocycles. The van der Waals surface area contributed by atoms with Crippen LogP contribution in [0.25, 0.3) is 0 Å².